The molecule has 12 aromatic rings. The highest BCUT2D eigenvalue weighted by molar-refractivity contribution is 6.16. The van der Waals surface area contributed by atoms with E-state index in [1.807, 2.05) is 0 Å². The highest BCUT2D eigenvalue weighted by Gasteiger charge is 2.22. The van der Waals surface area contributed by atoms with Gasteiger partial charge in [-0.25, -0.2) is 0 Å². The number of aromatic nitrogens is 1. The number of anilines is 3. The minimum absolute atomic E-state index is 1.08. The molecule has 0 aliphatic rings. The second-order valence-electron chi connectivity index (χ2n) is 16.4. The molecule has 2 nitrogen and oxygen atoms in total. The van der Waals surface area contributed by atoms with Crippen LogP contribution in [-0.4, -0.2) is 4.57 Å². The van der Waals surface area contributed by atoms with Crippen molar-refractivity contribution in [1.29, 1.82) is 0 Å². The van der Waals surface area contributed by atoms with E-state index in [0.717, 1.165) is 39.4 Å². The normalized spacial score (nSPS) is 11.4. The van der Waals surface area contributed by atoms with E-state index in [1.54, 1.807) is 0 Å². The van der Waals surface area contributed by atoms with Crippen molar-refractivity contribution in [1.82, 2.24) is 4.57 Å². The van der Waals surface area contributed by atoms with E-state index in [1.165, 1.54) is 71.2 Å². The number of hydrogen-bond donors (Lipinski definition) is 0. The van der Waals surface area contributed by atoms with Gasteiger partial charge >= 0.3 is 0 Å². The van der Waals surface area contributed by atoms with E-state index in [0.29, 0.717) is 0 Å². The molecule has 0 aliphatic carbocycles. The standard InChI is InChI=1S/C62H42N2/c1-3-19-43(20-4-1)51-27-11-14-33-58(51)63(49-39-37-44(38-40-49)57-42-47-21-7-8-26-50(47)54-29-9-10-30-55(54)57)59-34-15-12-28-52(59)45-22-17-23-46(41-45)53-32-18-36-61-62(53)56-31-13-16-35-60(56)64(61)48-24-5-2-6-25-48/h1-42H. The molecule has 0 N–H and O–H groups in total. The SMILES string of the molecule is c1ccc(-c2ccccc2N(c2ccc(-c3cc4ccccc4c4ccccc34)cc2)c2ccccc2-c2cccc(-c3cccc4c3c3ccccc3n4-c3ccccc3)c2)cc1. The fraction of sp³-hybridized carbons (Fsp3) is 0. The van der Waals surface area contributed by atoms with Gasteiger partial charge in [-0.15, -0.1) is 0 Å². The van der Waals surface area contributed by atoms with Crippen molar-refractivity contribution < 1.29 is 0 Å². The molecule has 2 heteroatoms. The fourth-order valence-corrected chi connectivity index (χ4v) is 9.90. The second kappa shape index (κ2) is 15.8. The topological polar surface area (TPSA) is 8.17 Å². The molecule has 0 fully saturated rings. The fourth-order valence-electron chi connectivity index (χ4n) is 9.90. The number of nitrogens with zero attached hydrogens (tertiary/aromatic N) is 2. The van der Waals surface area contributed by atoms with Gasteiger partial charge in [0.15, 0.2) is 0 Å². The summed E-state index contributed by atoms with van der Waals surface area (Å²) >= 11 is 0. The highest BCUT2D eigenvalue weighted by Crippen LogP contribution is 2.47. The first-order chi connectivity index (χ1) is 31.8. The van der Waals surface area contributed by atoms with Crippen molar-refractivity contribution >= 4 is 60.4 Å². The van der Waals surface area contributed by atoms with Crippen LogP contribution in [0.5, 0.6) is 0 Å². The minimum atomic E-state index is 1.08. The lowest BCUT2D eigenvalue weighted by atomic mass is 9.93. The average molecular weight is 815 g/mol. The van der Waals surface area contributed by atoms with Crippen LogP contribution in [0.15, 0.2) is 255 Å². The summed E-state index contributed by atoms with van der Waals surface area (Å²) in [6.07, 6.45) is 0. The number of hydrogen-bond acceptors (Lipinski definition) is 1. The van der Waals surface area contributed by atoms with E-state index in [4.69, 9.17) is 0 Å². The van der Waals surface area contributed by atoms with Crippen LogP contribution in [0.1, 0.15) is 0 Å². The summed E-state index contributed by atoms with van der Waals surface area (Å²) in [5.41, 5.74) is 16.3. The van der Waals surface area contributed by atoms with Crippen LogP contribution in [0, 0.1) is 0 Å². The molecular weight excluding hydrogens is 773 g/mol. The Morgan fingerprint density at radius 1 is 0.281 bits per heavy atom. The zero-order chi connectivity index (χ0) is 42.4. The molecular formula is C62H42N2. The van der Waals surface area contributed by atoms with Crippen LogP contribution in [0.2, 0.25) is 0 Å². The summed E-state index contributed by atoms with van der Waals surface area (Å²) in [6.45, 7) is 0. The van der Waals surface area contributed by atoms with Crippen molar-refractivity contribution in [2.75, 3.05) is 4.90 Å². The van der Waals surface area contributed by atoms with E-state index in [2.05, 4.69) is 264 Å². The number of para-hydroxylation sites is 4. The van der Waals surface area contributed by atoms with Gasteiger partial charge in [0.05, 0.1) is 22.4 Å². The van der Waals surface area contributed by atoms with Crippen LogP contribution >= 0.6 is 0 Å². The summed E-state index contributed by atoms with van der Waals surface area (Å²) in [6, 6.07) is 92.7. The molecule has 11 aromatic carbocycles. The summed E-state index contributed by atoms with van der Waals surface area (Å²) in [5, 5.41) is 7.54. The molecule has 0 spiro atoms. The van der Waals surface area contributed by atoms with E-state index in [-0.39, 0.29) is 0 Å². The second-order valence-corrected chi connectivity index (χ2v) is 16.4. The van der Waals surface area contributed by atoms with Gasteiger partial charge in [0.25, 0.3) is 0 Å². The zero-order valence-electron chi connectivity index (χ0n) is 35.1. The molecule has 1 aromatic heterocycles. The highest BCUT2D eigenvalue weighted by atomic mass is 15.1. The van der Waals surface area contributed by atoms with Crippen molar-refractivity contribution in [3.63, 3.8) is 0 Å². The summed E-state index contributed by atoms with van der Waals surface area (Å²) in [4.78, 5) is 2.45. The third kappa shape index (κ3) is 6.35. The lowest BCUT2D eigenvalue weighted by Gasteiger charge is -2.30. The summed E-state index contributed by atoms with van der Waals surface area (Å²) in [5.74, 6) is 0. The molecule has 0 radical (unpaired) electrons. The average Bonchev–Trinajstić information content (AvgIpc) is 3.72. The van der Waals surface area contributed by atoms with Gasteiger partial charge in [-0.3, -0.25) is 0 Å². The molecule has 0 atom stereocenters. The number of rotatable bonds is 8. The van der Waals surface area contributed by atoms with Crippen LogP contribution < -0.4 is 4.90 Å². The maximum absolute atomic E-state index is 2.45. The van der Waals surface area contributed by atoms with Crippen molar-refractivity contribution in [3.8, 4) is 50.2 Å². The van der Waals surface area contributed by atoms with E-state index >= 15 is 0 Å². The minimum Gasteiger partial charge on any atom is -0.309 e. The van der Waals surface area contributed by atoms with Crippen LogP contribution in [0.4, 0.5) is 17.1 Å². The Labute approximate surface area is 373 Å². The van der Waals surface area contributed by atoms with Gasteiger partial charge < -0.3 is 9.47 Å². The van der Waals surface area contributed by atoms with Gasteiger partial charge in [0.2, 0.25) is 0 Å². The predicted octanol–water partition coefficient (Wildman–Crippen LogP) is 17.2. The number of fused-ring (bicyclic) bond motifs is 6. The third-order valence-corrected chi connectivity index (χ3v) is 12.8. The lowest BCUT2D eigenvalue weighted by molar-refractivity contribution is 1.18. The smallest absolute Gasteiger partial charge is 0.0547 e. The molecule has 0 saturated heterocycles. The quantitative estimate of drug-likeness (QED) is 0.139. The summed E-state index contributed by atoms with van der Waals surface area (Å²) < 4.78 is 2.39. The Morgan fingerprint density at radius 3 is 1.53 bits per heavy atom. The van der Waals surface area contributed by atoms with Crippen LogP contribution in [-0.2, 0) is 0 Å². The largest absolute Gasteiger partial charge is 0.309 e. The van der Waals surface area contributed by atoms with Crippen molar-refractivity contribution in [2.45, 2.75) is 0 Å². The third-order valence-electron chi connectivity index (χ3n) is 12.8. The van der Waals surface area contributed by atoms with Crippen molar-refractivity contribution in [3.05, 3.63) is 255 Å². The van der Waals surface area contributed by atoms with E-state index in [9.17, 15) is 0 Å². The molecule has 1 heterocycles. The lowest BCUT2D eigenvalue weighted by Crippen LogP contribution is -2.12. The molecule has 12 rings (SSSR count). The first-order valence-electron chi connectivity index (χ1n) is 22.0. The van der Waals surface area contributed by atoms with Gasteiger partial charge in [0, 0.05) is 33.3 Å². The Kier molecular flexibility index (Phi) is 9.20. The van der Waals surface area contributed by atoms with Crippen LogP contribution in [0.3, 0.4) is 0 Å². The maximum Gasteiger partial charge on any atom is 0.0547 e. The van der Waals surface area contributed by atoms with Crippen LogP contribution in [0.25, 0.3) is 93.5 Å². The first-order valence-corrected chi connectivity index (χ1v) is 22.0. The molecule has 64 heavy (non-hydrogen) atoms. The van der Waals surface area contributed by atoms with Gasteiger partial charge in [-0.2, -0.15) is 0 Å². The van der Waals surface area contributed by atoms with Gasteiger partial charge in [-0.05, 0) is 116 Å². The Hall–Kier alpha value is -8.46. The summed E-state index contributed by atoms with van der Waals surface area (Å²) in [7, 11) is 0. The molecule has 0 unspecified atom stereocenters. The Balaban J connectivity index is 1.03. The molecule has 0 amide bonds. The monoisotopic (exact) mass is 814 g/mol. The zero-order valence-corrected chi connectivity index (χ0v) is 35.1. The maximum atomic E-state index is 2.45. The van der Waals surface area contributed by atoms with Gasteiger partial charge in [-0.1, -0.05) is 194 Å². The molecule has 0 saturated carbocycles. The molecule has 300 valence electrons. The first kappa shape index (κ1) is 37.3. The van der Waals surface area contributed by atoms with E-state index < -0.39 is 0 Å². The predicted molar refractivity (Wildman–Crippen MR) is 272 cm³/mol. The number of benzene rings is 11. The van der Waals surface area contributed by atoms with Crippen molar-refractivity contribution in [2.24, 2.45) is 0 Å². The van der Waals surface area contributed by atoms with Gasteiger partial charge in [0.1, 0.15) is 0 Å². The Morgan fingerprint density at radius 2 is 0.781 bits per heavy atom. The molecule has 0 aliphatic heterocycles. The molecule has 0 bridgehead atoms. The Bertz CT molecular complexity index is 3660.